The van der Waals surface area contributed by atoms with Gasteiger partial charge in [-0.2, -0.15) is 0 Å². The van der Waals surface area contributed by atoms with Crippen molar-refractivity contribution in [1.82, 2.24) is 5.32 Å². The molecule has 2 rings (SSSR count). The molecule has 0 radical (unpaired) electrons. The first-order valence-electron chi connectivity index (χ1n) is 8.89. The number of carbonyl (C=O) groups is 3. The van der Waals surface area contributed by atoms with Crippen molar-refractivity contribution in [3.8, 4) is 0 Å². The lowest BCUT2D eigenvalue weighted by Gasteiger charge is -2.07. The first-order valence-corrected chi connectivity index (χ1v) is 8.89. The number of anilines is 1. The van der Waals surface area contributed by atoms with Crippen molar-refractivity contribution in [2.24, 2.45) is 0 Å². The number of nitrogens with one attached hydrogen (secondary N) is 2. The predicted octanol–water partition coefficient (Wildman–Crippen LogP) is 3.16. The van der Waals surface area contributed by atoms with E-state index < -0.39 is 18.4 Å². The monoisotopic (exact) mass is 368 g/mol. The molecule has 0 saturated carbocycles. The molecule has 0 saturated heterocycles. The molecule has 6 nitrogen and oxygen atoms in total. The van der Waals surface area contributed by atoms with Gasteiger partial charge >= 0.3 is 5.97 Å². The molecule has 0 heterocycles. The van der Waals surface area contributed by atoms with Crippen LogP contribution in [0.15, 0.2) is 48.5 Å². The average molecular weight is 368 g/mol. The SMILES string of the molecule is Cc1ccc(CCCCC(=O)Nc2ccc(C(=O)NCC(=O)O)cc2)cc1. The maximum absolute atomic E-state index is 12.0. The lowest BCUT2D eigenvalue weighted by Crippen LogP contribution is -2.29. The van der Waals surface area contributed by atoms with Crippen LogP contribution in [0.1, 0.15) is 40.7 Å². The Hall–Kier alpha value is -3.15. The number of rotatable bonds is 9. The zero-order valence-electron chi connectivity index (χ0n) is 15.3. The van der Waals surface area contributed by atoms with Crippen LogP contribution in [0, 0.1) is 6.92 Å². The van der Waals surface area contributed by atoms with Gasteiger partial charge in [0.1, 0.15) is 6.54 Å². The molecule has 27 heavy (non-hydrogen) atoms. The first kappa shape index (κ1) is 20.2. The summed E-state index contributed by atoms with van der Waals surface area (Å²) in [6, 6.07) is 14.8. The van der Waals surface area contributed by atoms with Crippen LogP contribution in [-0.2, 0) is 16.0 Å². The topological polar surface area (TPSA) is 95.5 Å². The number of carbonyl (C=O) groups excluding carboxylic acids is 2. The summed E-state index contributed by atoms with van der Waals surface area (Å²) in [5, 5.41) is 13.6. The second kappa shape index (κ2) is 10.1. The number of hydrogen-bond donors (Lipinski definition) is 3. The van der Waals surface area contributed by atoms with E-state index in [0.29, 0.717) is 17.7 Å². The molecule has 2 amide bonds. The van der Waals surface area contributed by atoms with Crippen LogP contribution in [-0.4, -0.2) is 29.4 Å². The third-order valence-electron chi connectivity index (χ3n) is 4.07. The van der Waals surface area contributed by atoms with Crippen molar-refractivity contribution in [2.75, 3.05) is 11.9 Å². The summed E-state index contributed by atoms with van der Waals surface area (Å²) in [5.74, 6) is -1.64. The zero-order valence-corrected chi connectivity index (χ0v) is 15.3. The van der Waals surface area contributed by atoms with Crippen LogP contribution in [0.25, 0.3) is 0 Å². The van der Waals surface area contributed by atoms with Gasteiger partial charge in [-0.15, -0.1) is 0 Å². The third-order valence-corrected chi connectivity index (χ3v) is 4.07. The maximum Gasteiger partial charge on any atom is 0.322 e. The number of unbranched alkanes of at least 4 members (excludes halogenated alkanes) is 1. The van der Waals surface area contributed by atoms with Crippen molar-refractivity contribution in [3.63, 3.8) is 0 Å². The molecule has 0 aliphatic rings. The molecule has 0 unspecified atom stereocenters. The van der Waals surface area contributed by atoms with Gasteiger partial charge in [-0.25, -0.2) is 0 Å². The van der Waals surface area contributed by atoms with Gasteiger partial charge in [0.05, 0.1) is 0 Å². The zero-order chi connectivity index (χ0) is 19.6. The maximum atomic E-state index is 12.0. The van der Waals surface area contributed by atoms with Gasteiger partial charge in [0, 0.05) is 17.7 Å². The summed E-state index contributed by atoms with van der Waals surface area (Å²) in [4.78, 5) is 34.2. The Kier molecular flexibility index (Phi) is 7.55. The molecule has 0 atom stereocenters. The fraction of sp³-hybridized carbons (Fsp3) is 0.286. The second-order valence-electron chi connectivity index (χ2n) is 6.39. The Bertz CT molecular complexity index is 783. The highest BCUT2D eigenvalue weighted by atomic mass is 16.4. The van der Waals surface area contributed by atoms with Crippen LogP contribution in [0.4, 0.5) is 5.69 Å². The minimum atomic E-state index is -1.10. The lowest BCUT2D eigenvalue weighted by atomic mass is 10.1. The summed E-state index contributed by atoms with van der Waals surface area (Å²) >= 11 is 0. The summed E-state index contributed by atoms with van der Waals surface area (Å²) in [5.41, 5.74) is 3.46. The van der Waals surface area contributed by atoms with Gasteiger partial charge in [-0.3, -0.25) is 14.4 Å². The number of amides is 2. The molecule has 0 spiro atoms. The molecule has 0 aliphatic carbocycles. The second-order valence-corrected chi connectivity index (χ2v) is 6.39. The Morgan fingerprint density at radius 2 is 1.59 bits per heavy atom. The van der Waals surface area contributed by atoms with Crippen LogP contribution in [0.2, 0.25) is 0 Å². The van der Waals surface area contributed by atoms with Crippen molar-refractivity contribution in [3.05, 3.63) is 65.2 Å². The molecule has 0 fully saturated rings. The Balaban J connectivity index is 1.71. The van der Waals surface area contributed by atoms with Crippen LogP contribution < -0.4 is 10.6 Å². The molecule has 0 bridgehead atoms. The highest BCUT2D eigenvalue weighted by molar-refractivity contribution is 5.97. The smallest absolute Gasteiger partial charge is 0.322 e. The molecular weight excluding hydrogens is 344 g/mol. The Morgan fingerprint density at radius 1 is 0.926 bits per heavy atom. The van der Waals surface area contributed by atoms with Crippen molar-refractivity contribution < 1.29 is 19.5 Å². The van der Waals surface area contributed by atoms with Crippen molar-refractivity contribution in [1.29, 1.82) is 0 Å². The van der Waals surface area contributed by atoms with Crippen LogP contribution in [0.3, 0.4) is 0 Å². The highest BCUT2D eigenvalue weighted by Crippen LogP contribution is 2.12. The summed E-state index contributed by atoms with van der Waals surface area (Å²) < 4.78 is 0. The van der Waals surface area contributed by atoms with Crippen molar-refractivity contribution >= 4 is 23.5 Å². The molecule has 2 aromatic rings. The van der Waals surface area contributed by atoms with E-state index in [1.54, 1.807) is 24.3 Å². The van der Waals surface area contributed by atoms with Gasteiger partial charge < -0.3 is 15.7 Å². The predicted molar refractivity (Wildman–Crippen MR) is 104 cm³/mol. The van der Waals surface area contributed by atoms with E-state index in [1.165, 1.54) is 11.1 Å². The number of carboxylic acid groups (broad SMARTS) is 1. The van der Waals surface area contributed by atoms with Gasteiger partial charge in [-0.1, -0.05) is 29.8 Å². The Labute approximate surface area is 158 Å². The standard InChI is InChI=1S/C21H24N2O4/c1-15-6-8-16(9-7-15)4-2-3-5-19(24)23-18-12-10-17(11-13-18)21(27)22-14-20(25)26/h6-13H,2-5,14H2,1H3,(H,22,27)(H,23,24)(H,25,26). The van der Waals surface area contributed by atoms with Gasteiger partial charge in [0.25, 0.3) is 5.91 Å². The molecule has 0 aliphatic heterocycles. The van der Waals surface area contributed by atoms with Gasteiger partial charge in [-0.05, 0) is 56.0 Å². The number of carboxylic acids is 1. The fourth-order valence-corrected chi connectivity index (χ4v) is 2.56. The summed E-state index contributed by atoms with van der Waals surface area (Å²) in [6.07, 6.45) is 3.13. The minimum Gasteiger partial charge on any atom is -0.480 e. The summed E-state index contributed by atoms with van der Waals surface area (Å²) in [7, 11) is 0. The van der Waals surface area contributed by atoms with E-state index in [1.807, 2.05) is 0 Å². The third kappa shape index (κ3) is 7.32. The number of hydrogen-bond acceptors (Lipinski definition) is 3. The fourth-order valence-electron chi connectivity index (χ4n) is 2.56. The minimum absolute atomic E-state index is 0.0676. The number of aliphatic carboxylic acids is 1. The molecule has 2 aromatic carbocycles. The van der Waals surface area contributed by atoms with Crippen LogP contribution in [0.5, 0.6) is 0 Å². The summed E-state index contributed by atoms with van der Waals surface area (Å²) in [6.45, 7) is 1.63. The average Bonchev–Trinajstić information content (AvgIpc) is 2.65. The molecule has 142 valence electrons. The lowest BCUT2D eigenvalue weighted by molar-refractivity contribution is -0.135. The quantitative estimate of drug-likeness (QED) is 0.593. The van der Waals surface area contributed by atoms with Gasteiger partial charge in [0.15, 0.2) is 0 Å². The molecule has 3 N–H and O–H groups in total. The van der Waals surface area contributed by atoms with E-state index in [9.17, 15) is 14.4 Å². The van der Waals surface area contributed by atoms with E-state index in [0.717, 1.165) is 19.3 Å². The highest BCUT2D eigenvalue weighted by Gasteiger charge is 2.08. The molecular formula is C21H24N2O4. The number of aryl methyl sites for hydroxylation is 2. The first-order chi connectivity index (χ1) is 12.9. The van der Waals surface area contributed by atoms with Gasteiger partial charge in [0.2, 0.25) is 5.91 Å². The number of benzene rings is 2. The van der Waals surface area contributed by atoms with Crippen LogP contribution >= 0.6 is 0 Å². The van der Waals surface area contributed by atoms with E-state index in [4.69, 9.17) is 5.11 Å². The van der Waals surface area contributed by atoms with Crippen molar-refractivity contribution in [2.45, 2.75) is 32.6 Å². The molecule has 0 aromatic heterocycles. The largest absolute Gasteiger partial charge is 0.480 e. The Morgan fingerprint density at radius 3 is 2.22 bits per heavy atom. The normalized spacial score (nSPS) is 10.3. The molecule has 6 heteroatoms. The van der Waals surface area contributed by atoms with E-state index in [2.05, 4.69) is 41.8 Å². The van der Waals surface area contributed by atoms with E-state index in [-0.39, 0.29) is 5.91 Å². The van der Waals surface area contributed by atoms with E-state index >= 15 is 0 Å².